The summed E-state index contributed by atoms with van der Waals surface area (Å²) in [6.45, 7) is 5.28. The molecule has 0 spiro atoms. The topological polar surface area (TPSA) is 52.3 Å². The van der Waals surface area contributed by atoms with Crippen molar-refractivity contribution in [2.45, 2.75) is 26.4 Å². The Morgan fingerprint density at radius 3 is 1.78 bits per heavy atom. The predicted molar refractivity (Wildman–Crippen MR) is 36.2 cm³/mol. The van der Waals surface area contributed by atoms with Crippen LogP contribution in [0.4, 0.5) is 4.79 Å². The van der Waals surface area contributed by atoms with E-state index in [0.717, 1.165) is 0 Å². The van der Waals surface area contributed by atoms with Gasteiger partial charge in [0.25, 0.3) is 0 Å². The normalized spacial score (nSPS) is 9.67. The second-order valence-corrected chi connectivity index (χ2v) is 2.53. The van der Waals surface area contributed by atoms with Gasteiger partial charge in [-0.3, -0.25) is 0 Å². The van der Waals surface area contributed by atoms with E-state index in [-0.39, 0.29) is 23.9 Å². The van der Waals surface area contributed by atoms with Gasteiger partial charge in [-0.2, -0.15) is 0 Å². The zero-order valence-electron chi connectivity index (χ0n) is 5.89. The van der Waals surface area contributed by atoms with E-state index >= 15 is 0 Å². The standard InChI is InChI=1S/C5H11NO2.Sn/c1-5(2,3)8-4(6)7;/h1-3H3,(H2,6,7);. The van der Waals surface area contributed by atoms with Gasteiger partial charge in [-0.25, -0.2) is 4.79 Å². The van der Waals surface area contributed by atoms with Crippen molar-refractivity contribution in [3.05, 3.63) is 0 Å². The number of amides is 1. The molecule has 0 aromatic carbocycles. The Bertz CT molecular complexity index is 97.6. The van der Waals surface area contributed by atoms with E-state index in [9.17, 15) is 4.79 Å². The molecule has 3 nitrogen and oxygen atoms in total. The Labute approximate surface area is 71.9 Å². The molecule has 0 fully saturated rings. The molecule has 0 aliphatic rings. The average molecular weight is 236 g/mol. The largest absolute Gasteiger partial charge is 0.444 e. The molecule has 0 aromatic heterocycles. The summed E-state index contributed by atoms with van der Waals surface area (Å²) in [6, 6.07) is 0. The minimum atomic E-state index is -0.725. The number of rotatable bonds is 0. The summed E-state index contributed by atoms with van der Waals surface area (Å²) in [5.41, 5.74) is 4.26. The van der Waals surface area contributed by atoms with E-state index in [2.05, 4.69) is 4.74 Å². The van der Waals surface area contributed by atoms with Gasteiger partial charge in [0.1, 0.15) is 5.60 Å². The van der Waals surface area contributed by atoms with Gasteiger partial charge >= 0.3 is 6.09 Å². The van der Waals surface area contributed by atoms with Gasteiger partial charge < -0.3 is 10.5 Å². The molecule has 9 heavy (non-hydrogen) atoms. The molecule has 0 heterocycles. The van der Waals surface area contributed by atoms with Crippen LogP contribution in [0.15, 0.2) is 0 Å². The fourth-order valence-corrected chi connectivity index (χ4v) is 0.302. The number of hydrogen-bond acceptors (Lipinski definition) is 2. The number of carbonyl (C=O) groups is 1. The van der Waals surface area contributed by atoms with Crippen molar-refractivity contribution in [3.8, 4) is 0 Å². The monoisotopic (exact) mass is 237 g/mol. The summed E-state index contributed by atoms with van der Waals surface area (Å²) in [5, 5.41) is 0. The molecule has 0 unspecified atom stereocenters. The van der Waals surface area contributed by atoms with Crippen molar-refractivity contribution < 1.29 is 9.53 Å². The van der Waals surface area contributed by atoms with Gasteiger partial charge in [0, 0.05) is 23.9 Å². The number of primary amides is 1. The number of nitrogens with two attached hydrogens (primary N) is 1. The van der Waals surface area contributed by atoms with Gasteiger partial charge in [0.15, 0.2) is 0 Å². The minimum absolute atomic E-state index is 0. The Hall–Kier alpha value is 0.0687. The molecular formula is C5H11NO2Sn. The SMILES string of the molecule is CC(C)(C)OC(N)=O.[Sn]. The third-order valence-corrected chi connectivity index (χ3v) is 0.407. The third-order valence-electron chi connectivity index (χ3n) is 0.407. The Balaban J connectivity index is 0. The van der Waals surface area contributed by atoms with E-state index in [1.807, 2.05) is 0 Å². The van der Waals surface area contributed by atoms with E-state index < -0.39 is 11.7 Å². The van der Waals surface area contributed by atoms with Crippen LogP contribution in [-0.4, -0.2) is 35.6 Å². The second-order valence-electron chi connectivity index (χ2n) is 2.53. The maximum Gasteiger partial charge on any atom is 0.405 e. The van der Waals surface area contributed by atoms with E-state index in [0.29, 0.717) is 0 Å². The molecular weight excluding hydrogens is 225 g/mol. The van der Waals surface area contributed by atoms with Gasteiger partial charge in [-0.1, -0.05) is 0 Å². The van der Waals surface area contributed by atoms with Crippen LogP contribution in [0.1, 0.15) is 20.8 Å². The second kappa shape index (κ2) is 3.98. The molecule has 52 valence electrons. The molecule has 0 bridgehead atoms. The first kappa shape index (κ1) is 11.8. The van der Waals surface area contributed by atoms with Crippen molar-refractivity contribution in [1.82, 2.24) is 0 Å². The third kappa shape index (κ3) is 11.6. The predicted octanol–water partition coefficient (Wildman–Crippen LogP) is 0.499. The van der Waals surface area contributed by atoms with Crippen LogP contribution < -0.4 is 5.73 Å². The molecule has 4 radical (unpaired) electrons. The van der Waals surface area contributed by atoms with Gasteiger partial charge in [-0.15, -0.1) is 0 Å². The zero-order valence-corrected chi connectivity index (χ0v) is 8.75. The molecule has 0 aliphatic carbocycles. The van der Waals surface area contributed by atoms with Crippen LogP contribution in [-0.2, 0) is 4.74 Å². The van der Waals surface area contributed by atoms with Crippen molar-refractivity contribution in [2.24, 2.45) is 5.73 Å². The van der Waals surface area contributed by atoms with Crippen LogP contribution in [0.3, 0.4) is 0 Å². The summed E-state index contributed by atoms with van der Waals surface area (Å²) in [4.78, 5) is 10.0. The molecule has 2 N–H and O–H groups in total. The van der Waals surface area contributed by atoms with Crippen LogP contribution in [0.2, 0.25) is 0 Å². The fourth-order valence-electron chi connectivity index (χ4n) is 0.302. The van der Waals surface area contributed by atoms with Crippen molar-refractivity contribution in [2.75, 3.05) is 0 Å². The van der Waals surface area contributed by atoms with Crippen LogP contribution >= 0.6 is 0 Å². The maximum absolute atomic E-state index is 10.0. The molecule has 0 atom stereocenters. The minimum Gasteiger partial charge on any atom is -0.444 e. The van der Waals surface area contributed by atoms with Crippen LogP contribution in [0, 0.1) is 0 Å². The van der Waals surface area contributed by atoms with Crippen LogP contribution in [0.25, 0.3) is 0 Å². The molecule has 0 aliphatic heterocycles. The average Bonchev–Trinajstić information content (AvgIpc) is 1.21. The zero-order chi connectivity index (χ0) is 6.78. The van der Waals surface area contributed by atoms with Gasteiger partial charge in [-0.05, 0) is 20.8 Å². The summed E-state index contributed by atoms with van der Waals surface area (Å²) in [6.07, 6.45) is -0.725. The number of ether oxygens (including phenoxy) is 1. The van der Waals surface area contributed by atoms with Gasteiger partial charge in [0.05, 0.1) is 0 Å². The van der Waals surface area contributed by atoms with Gasteiger partial charge in [0.2, 0.25) is 0 Å². The molecule has 0 saturated carbocycles. The fraction of sp³-hybridized carbons (Fsp3) is 0.800. The number of carbonyl (C=O) groups excluding carboxylic acids is 1. The molecule has 4 heteroatoms. The Morgan fingerprint density at radius 1 is 1.44 bits per heavy atom. The quantitative estimate of drug-likeness (QED) is 0.622. The Kier molecular flexibility index (Phi) is 5.22. The van der Waals surface area contributed by atoms with Crippen molar-refractivity contribution in [1.29, 1.82) is 0 Å². The first-order valence-corrected chi connectivity index (χ1v) is 2.40. The Morgan fingerprint density at radius 2 is 1.78 bits per heavy atom. The molecule has 1 amide bonds. The molecule has 0 saturated heterocycles. The van der Waals surface area contributed by atoms with E-state index in [4.69, 9.17) is 5.73 Å². The first-order chi connectivity index (χ1) is 3.42. The van der Waals surface area contributed by atoms with Crippen LogP contribution in [0.5, 0.6) is 0 Å². The van der Waals surface area contributed by atoms with E-state index in [1.165, 1.54) is 0 Å². The summed E-state index contributed by atoms with van der Waals surface area (Å²) < 4.78 is 4.58. The molecule has 0 aromatic rings. The summed E-state index contributed by atoms with van der Waals surface area (Å²) >= 11 is 0. The molecule has 0 rings (SSSR count). The summed E-state index contributed by atoms with van der Waals surface area (Å²) in [7, 11) is 0. The smallest absolute Gasteiger partial charge is 0.405 e. The van der Waals surface area contributed by atoms with E-state index in [1.54, 1.807) is 20.8 Å². The van der Waals surface area contributed by atoms with Crippen molar-refractivity contribution >= 4 is 30.0 Å². The number of hydrogen-bond donors (Lipinski definition) is 1. The summed E-state index contributed by atoms with van der Waals surface area (Å²) in [5.74, 6) is 0. The van der Waals surface area contributed by atoms with Crippen molar-refractivity contribution in [3.63, 3.8) is 0 Å². The maximum atomic E-state index is 10.0. The first-order valence-electron chi connectivity index (χ1n) is 2.40.